The van der Waals surface area contributed by atoms with Crippen molar-refractivity contribution in [1.29, 1.82) is 0 Å². The van der Waals surface area contributed by atoms with Crippen molar-refractivity contribution in [2.75, 3.05) is 26.3 Å². The van der Waals surface area contributed by atoms with E-state index in [1.54, 1.807) is 12.1 Å². The first kappa shape index (κ1) is 20.6. The lowest BCUT2D eigenvalue weighted by Crippen LogP contribution is -2.45. The van der Waals surface area contributed by atoms with Gasteiger partial charge in [0.2, 0.25) is 5.91 Å². The summed E-state index contributed by atoms with van der Waals surface area (Å²) in [4.78, 5) is 25.0. The minimum Gasteiger partial charge on any atom is -0.381 e. The Morgan fingerprint density at radius 2 is 1.70 bits per heavy atom. The molecule has 8 heteroatoms. The maximum absolute atomic E-state index is 12.6. The Bertz CT molecular complexity index is 1050. The number of fused-ring (bicyclic) bond motifs is 1. The number of carbonyl (C=O) groups excluding carboxylic acids is 2. The molecular formula is C22H24N2O5S. The van der Waals surface area contributed by atoms with Gasteiger partial charge in [0.1, 0.15) is 4.90 Å². The number of amides is 2. The van der Waals surface area contributed by atoms with Crippen molar-refractivity contribution >= 4 is 21.8 Å². The molecule has 1 fully saturated rings. The predicted molar refractivity (Wildman–Crippen MR) is 110 cm³/mol. The van der Waals surface area contributed by atoms with E-state index in [0.29, 0.717) is 19.8 Å². The van der Waals surface area contributed by atoms with Crippen molar-refractivity contribution in [3.05, 3.63) is 65.7 Å². The first-order valence-corrected chi connectivity index (χ1v) is 11.4. The van der Waals surface area contributed by atoms with Crippen LogP contribution in [0.15, 0.2) is 59.5 Å². The van der Waals surface area contributed by atoms with E-state index in [-0.39, 0.29) is 34.7 Å². The fraction of sp³-hybridized carbons (Fsp3) is 0.364. The van der Waals surface area contributed by atoms with Gasteiger partial charge in [0, 0.05) is 38.1 Å². The van der Waals surface area contributed by atoms with E-state index in [2.05, 4.69) is 17.4 Å². The van der Waals surface area contributed by atoms with Crippen LogP contribution in [-0.4, -0.2) is 50.8 Å². The molecule has 0 saturated carbocycles. The van der Waals surface area contributed by atoms with Crippen LogP contribution in [-0.2, 0) is 25.0 Å². The van der Waals surface area contributed by atoms with E-state index in [1.807, 2.05) is 18.2 Å². The maximum atomic E-state index is 12.6. The number of carbonyl (C=O) groups is 2. The highest BCUT2D eigenvalue weighted by Gasteiger charge is 2.41. The van der Waals surface area contributed by atoms with Gasteiger partial charge in [0.05, 0.1) is 5.56 Å². The summed E-state index contributed by atoms with van der Waals surface area (Å²) in [6.07, 6.45) is 1.51. The summed E-state index contributed by atoms with van der Waals surface area (Å²) >= 11 is 0. The van der Waals surface area contributed by atoms with E-state index in [1.165, 1.54) is 12.1 Å². The molecule has 0 unspecified atom stereocenters. The summed E-state index contributed by atoms with van der Waals surface area (Å²) in [5, 5.41) is 2.95. The highest BCUT2D eigenvalue weighted by Crippen LogP contribution is 2.34. The average Bonchev–Trinajstić information content (AvgIpc) is 2.97. The monoisotopic (exact) mass is 428 g/mol. The summed E-state index contributed by atoms with van der Waals surface area (Å²) in [6.45, 7) is 1.52. The van der Waals surface area contributed by atoms with Gasteiger partial charge in [0.15, 0.2) is 0 Å². The molecule has 158 valence electrons. The topological polar surface area (TPSA) is 92.8 Å². The molecular weight excluding hydrogens is 404 g/mol. The molecule has 0 spiro atoms. The molecule has 0 radical (unpaired) electrons. The molecule has 2 aliphatic rings. The lowest BCUT2D eigenvalue weighted by molar-refractivity contribution is -0.121. The second-order valence-corrected chi connectivity index (χ2v) is 9.49. The number of rotatable bonds is 6. The largest absolute Gasteiger partial charge is 0.381 e. The Morgan fingerprint density at radius 1 is 1.03 bits per heavy atom. The van der Waals surface area contributed by atoms with Crippen LogP contribution in [0.4, 0.5) is 0 Å². The van der Waals surface area contributed by atoms with Crippen LogP contribution in [0.1, 0.15) is 35.2 Å². The van der Waals surface area contributed by atoms with Crippen LogP contribution in [0.2, 0.25) is 0 Å². The molecule has 2 amide bonds. The lowest BCUT2D eigenvalue weighted by Gasteiger charge is -2.38. The van der Waals surface area contributed by atoms with Crippen LogP contribution < -0.4 is 5.32 Å². The Hall–Kier alpha value is -2.71. The summed E-state index contributed by atoms with van der Waals surface area (Å²) in [5.41, 5.74) is 1.10. The number of hydrogen-bond donors (Lipinski definition) is 1. The molecule has 2 aromatic carbocycles. The van der Waals surface area contributed by atoms with E-state index in [9.17, 15) is 18.0 Å². The first-order valence-electron chi connectivity index (χ1n) is 10.0. The number of nitrogens with zero attached hydrogens (tertiary/aromatic N) is 1. The van der Waals surface area contributed by atoms with Gasteiger partial charge in [-0.2, -0.15) is 0 Å². The van der Waals surface area contributed by atoms with Crippen molar-refractivity contribution in [2.45, 2.75) is 29.6 Å². The Kier molecular flexibility index (Phi) is 5.62. The molecule has 2 aliphatic heterocycles. The van der Waals surface area contributed by atoms with Gasteiger partial charge in [-0.15, -0.1) is 0 Å². The maximum Gasteiger partial charge on any atom is 0.269 e. The quantitative estimate of drug-likeness (QED) is 0.761. The number of benzene rings is 2. The lowest BCUT2D eigenvalue weighted by atomic mass is 9.74. The van der Waals surface area contributed by atoms with Crippen molar-refractivity contribution < 1.29 is 22.7 Å². The van der Waals surface area contributed by atoms with Gasteiger partial charge < -0.3 is 10.1 Å². The number of sulfonamides is 1. The summed E-state index contributed by atoms with van der Waals surface area (Å²) in [6, 6.07) is 16.2. The zero-order chi connectivity index (χ0) is 21.2. The van der Waals surface area contributed by atoms with Crippen molar-refractivity contribution in [3.63, 3.8) is 0 Å². The third-order valence-corrected chi connectivity index (χ3v) is 7.75. The van der Waals surface area contributed by atoms with Gasteiger partial charge in [-0.25, -0.2) is 12.7 Å². The summed E-state index contributed by atoms with van der Waals surface area (Å²) in [7, 11) is -3.89. The Balaban J connectivity index is 1.40. The van der Waals surface area contributed by atoms with E-state index in [0.717, 1.165) is 22.7 Å². The van der Waals surface area contributed by atoms with Crippen LogP contribution in [0.3, 0.4) is 0 Å². The van der Waals surface area contributed by atoms with Crippen LogP contribution >= 0.6 is 0 Å². The number of hydrogen-bond acceptors (Lipinski definition) is 5. The third kappa shape index (κ3) is 3.73. The average molecular weight is 429 g/mol. The van der Waals surface area contributed by atoms with E-state index >= 15 is 0 Å². The molecule has 0 atom stereocenters. The number of nitrogens with one attached hydrogen (secondary N) is 1. The molecule has 4 rings (SSSR count). The normalized spacial score (nSPS) is 19.3. The molecule has 2 aromatic rings. The second kappa shape index (κ2) is 8.20. The van der Waals surface area contributed by atoms with E-state index in [4.69, 9.17) is 4.74 Å². The molecule has 0 bridgehead atoms. The standard InChI is InChI=1S/C22H24N2O5S/c25-20(10-13-24-21(26)18-8-4-5-9-19(18)30(24,27)28)23-16-22(11-14-29-15-12-22)17-6-2-1-3-7-17/h1-9H,10-16H2,(H,23,25). The molecule has 30 heavy (non-hydrogen) atoms. The zero-order valence-electron chi connectivity index (χ0n) is 16.5. The SMILES string of the molecule is O=C(CCN1C(=O)c2ccccc2S1(=O)=O)NCC1(c2ccccc2)CCOCC1. The van der Waals surface area contributed by atoms with Gasteiger partial charge in [0.25, 0.3) is 15.9 Å². The molecule has 7 nitrogen and oxygen atoms in total. The third-order valence-electron chi connectivity index (χ3n) is 5.91. The summed E-state index contributed by atoms with van der Waals surface area (Å²) in [5.74, 6) is -0.862. The predicted octanol–water partition coefficient (Wildman–Crippen LogP) is 2.09. The van der Waals surface area contributed by atoms with Gasteiger partial charge in [-0.3, -0.25) is 9.59 Å². The van der Waals surface area contributed by atoms with Crippen LogP contribution in [0, 0.1) is 0 Å². The molecule has 0 aromatic heterocycles. The highest BCUT2D eigenvalue weighted by molar-refractivity contribution is 7.90. The first-order chi connectivity index (χ1) is 14.4. The number of ether oxygens (including phenoxy) is 1. The highest BCUT2D eigenvalue weighted by atomic mass is 32.2. The van der Waals surface area contributed by atoms with Gasteiger partial charge >= 0.3 is 0 Å². The Labute approximate surface area is 176 Å². The van der Waals surface area contributed by atoms with Crippen LogP contribution in [0.5, 0.6) is 0 Å². The zero-order valence-corrected chi connectivity index (χ0v) is 17.4. The molecule has 2 heterocycles. The van der Waals surface area contributed by atoms with Gasteiger partial charge in [-0.1, -0.05) is 42.5 Å². The van der Waals surface area contributed by atoms with Crippen LogP contribution in [0.25, 0.3) is 0 Å². The minimum atomic E-state index is -3.89. The smallest absolute Gasteiger partial charge is 0.269 e. The Morgan fingerprint density at radius 3 is 2.40 bits per heavy atom. The molecule has 1 N–H and O–H groups in total. The van der Waals surface area contributed by atoms with Crippen molar-refractivity contribution in [3.8, 4) is 0 Å². The molecule has 0 aliphatic carbocycles. The summed E-state index contributed by atoms with van der Waals surface area (Å²) < 4.78 is 31.5. The van der Waals surface area contributed by atoms with E-state index < -0.39 is 15.9 Å². The molecule has 1 saturated heterocycles. The minimum absolute atomic E-state index is 0.000597. The van der Waals surface area contributed by atoms with Crippen molar-refractivity contribution in [1.82, 2.24) is 9.62 Å². The second-order valence-electron chi connectivity index (χ2n) is 7.66. The fourth-order valence-electron chi connectivity index (χ4n) is 4.13. The van der Waals surface area contributed by atoms with Gasteiger partial charge in [-0.05, 0) is 30.5 Å². The fourth-order valence-corrected chi connectivity index (χ4v) is 5.70. The van der Waals surface area contributed by atoms with Crippen molar-refractivity contribution in [2.24, 2.45) is 0 Å².